The summed E-state index contributed by atoms with van der Waals surface area (Å²) in [5, 5.41) is 4.09. The van der Waals surface area contributed by atoms with E-state index in [2.05, 4.69) is 36.2 Å². The van der Waals surface area contributed by atoms with Crippen molar-refractivity contribution in [2.45, 2.75) is 70.0 Å². The Balaban J connectivity index is 1.48. The Bertz CT molecular complexity index is 398. The maximum atomic E-state index is 4.09. The summed E-state index contributed by atoms with van der Waals surface area (Å²) in [6.45, 7) is 7.60. The maximum absolute atomic E-state index is 4.09. The van der Waals surface area contributed by atoms with E-state index >= 15 is 0 Å². The molecule has 4 aliphatic rings. The molecule has 0 aromatic rings. The van der Waals surface area contributed by atoms with Crippen LogP contribution < -0.4 is 5.32 Å². The smallest absolute Gasteiger partial charge is 0.0281 e. The van der Waals surface area contributed by atoms with E-state index in [1.807, 2.05) is 0 Å². The molecule has 2 heteroatoms. The van der Waals surface area contributed by atoms with Crippen molar-refractivity contribution >= 4 is 0 Å². The largest absolute Gasteiger partial charge is 0.308 e. The molecule has 0 bridgehead atoms. The van der Waals surface area contributed by atoms with Crippen LogP contribution in [0.5, 0.6) is 0 Å². The fraction of sp³-hybridized carbons (Fsp3) is 0.889. The fourth-order valence-corrected chi connectivity index (χ4v) is 5.24. The summed E-state index contributed by atoms with van der Waals surface area (Å²) in [6.07, 6.45) is 13.2. The standard InChI is InChI=1S/C18H30N2/c1-13-9-17(19-18(11-13)6-7-18)16-12-20-8-4-3-5-15(20)10-14(16)2/h3,5,13-17,19H,4,6-12H2,1-2H3/t13-,14-,15?,16?,17?/m0/s1. The quantitative estimate of drug-likeness (QED) is 0.739. The van der Waals surface area contributed by atoms with Crippen molar-refractivity contribution in [1.82, 2.24) is 10.2 Å². The summed E-state index contributed by atoms with van der Waals surface area (Å²) in [6, 6.07) is 1.52. The summed E-state index contributed by atoms with van der Waals surface area (Å²) in [7, 11) is 0. The van der Waals surface area contributed by atoms with Crippen molar-refractivity contribution < 1.29 is 0 Å². The Morgan fingerprint density at radius 2 is 2.05 bits per heavy atom. The van der Waals surface area contributed by atoms with Crippen LogP contribution in [0.4, 0.5) is 0 Å². The van der Waals surface area contributed by atoms with E-state index in [1.54, 1.807) is 0 Å². The second kappa shape index (κ2) is 4.84. The predicted octanol–water partition coefficient (Wildman–Crippen LogP) is 3.19. The molecule has 5 atom stereocenters. The number of fused-ring (bicyclic) bond motifs is 1. The second-order valence-electron chi connectivity index (χ2n) is 8.23. The van der Waals surface area contributed by atoms with Gasteiger partial charge in [-0.3, -0.25) is 4.90 Å². The van der Waals surface area contributed by atoms with Crippen LogP contribution in [-0.4, -0.2) is 35.6 Å². The first-order chi connectivity index (χ1) is 9.65. The minimum Gasteiger partial charge on any atom is -0.308 e. The summed E-state index contributed by atoms with van der Waals surface area (Å²) < 4.78 is 0. The highest BCUT2D eigenvalue weighted by Crippen LogP contribution is 2.47. The van der Waals surface area contributed by atoms with Crippen LogP contribution in [-0.2, 0) is 0 Å². The van der Waals surface area contributed by atoms with E-state index in [0.717, 1.165) is 29.8 Å². The first kappa shape index (κ1) is 13.3. The van der Waals surface area contributed by atoms with Crippen molar-refractivity contribution in [2.24, 2.45) is 17.8 Å². The third-order valence-corrected chi connectivity index (χ3v) is 6.46. The van der Waals surface area contributed by atoms with Crippen LogP contribution in [0.2, 0.25) is 0 Å². The zero-order valence-electron chi connectivity index (χ0n) is 13.1. The highest BCUT2D eigenvalue weighted by molar-refractivity contribution is 5.10. The van der Waals surface area contributed by atoms with E-state index in [4.69, 9.17) is 0 Å². The molecule has 1 N–H and O–H groups in total. The van der Waals surface area contributed by atoms with Gasteiger partial charge in [-0.25, -0.2) is 0 Å². The van der Waals surface area contributed by atoms with Crippen LogP contribution >= 0.6 is 0 Å². The van der Waals surface area contributed by atoms with Gasteiger partial charge in [0.2, 0.25) is 0 Å². The molecule has 0 aromatic carbocycles. The minimum absolute atomic E-state index is 0.570. The van der Waals surface area contributed by atoms with Crippen LogP contribution in [0.25, 0.3) is 0 Å². The summed E-state index contributed by atoms with van der Waals surface area (Å²) >= 11 is 0. The molecule has 0 radical (unpaired) electrons. The average Bonchev–Trinajstić information content (AvgIpc) is 3.15. The molecule has 0 aromatic heterocycles. The third kappa shape index (κ3) is 2.35. The first-order valence-electron chi connectivity index (χ1n) is 8.84. The molecule has 3 fully saturated rings. The minimum atomic E-state index is 0.570. The number of nitrogens with zero attached hydrogens (tertiary/aromatic N) is 1. The molecule has 112 valence electrons. The molecule has 1 spiro atoms. The number of piperidine rings is 2. The average molecular weight is 274 g/mol. The van der Waals surface area contributed by atoms with Crippen molar-refractivity contribution in [3.8, 4) is 0 Å². The third-order valence-electron chi connectivity index (χ3n) is 6.46. The number of hydrogen-bond donors (Lipinski definition) is 1. The van der Waals surface area contributed by atoms with Gasteiger partial charge in [-0.05, 0) is 56.3 Å². The Hall–Kier alpha value is -0.340. The second-order valence-corrected chi connectivity index (χ2v) is 8.23. The highest BCUT2D eigenvalue weighted by Gasteiger charge is 2.50. The lowest BCUT2D eigenvalue weighted by Gasteiger charge is -2.49. The number of nitrogens with one attached hydrogen (secondary N) is 1. The van der Waals surface area contributed by atoms with Crippen molar-refractivity contribution in [3.63, 3.8) is 0 Å². The van der Waals surface area contributed by atoms with Crippen LogP contribution in [0.15, 0.2) is 12.2 Å². The summed E-state index contributed by atoms with van der Waals surface area (Å²) in [5.41, 5.74) is 0.570. The SMILES string of the molecule is C[C@H]1CC(C2CN3CCC=CC3C[C@@H]2C)NC2(CC2)C1. The van der Waals surface area contributed by atoms with Gasteiger partial charge in [0.1, 0.15) is 0 Å². The fourth-order valence-electron chi connectivity index (χ4n) is 5.24. The van der Waals surface area contributed by atoms with Gasteiger partial charge in [0.05, 0.1) is 0 Å². The van der Waals surface area contributed by atoms with Crippen LogP contribution in [0, 0.1) is 17.8 Å². The molecule has 3 unspecified atom stereocenters. The zero-order valence-corrected chi connectivity index (χ0v) is 13.1. The van der Waals surface area contributed by atoms with Gasteiger partial charge in [0.15, 0.2) is 0 Å². The molecule has 1 aliphatic carbocycles. The van der Waals surface area contributed by atoms with Crippen LogP contribution in [0.3, 0.4) is 0 Å². The van der Waals surface area contributed by atoms with Crippen LogP contribution in [0.1, 0.15) is 52.4 Å². The van der Waals surface area contributed by atoms with Crippen molar-refractivity contribution in [3.05, 3.63) is 12.2 Å². The lowest BCUT2D eigenvalue weighted by Crippen LogP contribution is -2.57. The number of rotatable bonds is 1. The summed E-state index contributed by atoms with van der Waals surface area (Å²) in [4.78, 5) is 2.76. The van der Waals surface area contributed by atoms with Gasteiger partial charge in [-0.2, -0.15) is 0 Å². The molecule has 3 heterocycles. The zero-order chi connectivity index (χ0) is 13.7. The predicted molar refractivity (Wildman–Crippen MR) is 83.7 cm³/mol. The van der Waals surface area contributed by atoms with E-state index in [9.17, 15) is 0 Å². The molecule has 0 amide bonds. The van der Waals surface area contributed by atoms with E-state index in [-0.39, 0.29) is 0 Å². The molecular weight excluding hydrogens is 244 g/mol. The van der Waals surface area contributed by atoms with Gasteiger partial charge in [0.25, 0.3) is 0 Å². The molecule has 2 nitrogen and oxygen atoms in total. The van der Waals surface area contributed by atoms with Gasteiger partial charge in [0, 0.05) is 30.7 Å². The molecule has 2 saturated heterocycles. The monoisotopic (exact) mass is 274 g/mol. The van der Waals surface area contributed by atoms with Crippen molar-refractivity contribution in [1.29, 1.82) is 0 Å². The normalized spacial score (nSPS) is 47.2. The maximum Gasteiger partial charge on any atom is 0.0281 e. The summed E-state index contributed by atoms with van der Waals surface area (Å²) in [5.74, 6) is 2.67. The first-order valence-corrected chi connectivity index (χ1v) is 8.84. The molecule has 1 saturated carbocycles. The van der Waals surface area contributed by atoms with Gasteiger partial charge in [-0.15, -0.1) is 0 Å². The highest BCUT2D eigenvalue weighted by atomic mass is 15.2. The molecular formula is C18H30N2. The lowest BCUT2D eigenvalue weighted by atomic mass is 9.73. The Morgan fingerprint density at radius 3 is 2.85 bits per heavy atom. The van der Waals surface area contributed by atoms with Crippen molar-refractivity contribution in [2.75, 3.05) is 13.1 Å². The van der Waals surface area contributed by atoms with Gasteiger partial charge < -0.3 is 5.32 Å². The molecule has 20 heavy (non-hydrogen) atoms. The van der Waals surface area contributed by atoms with E-state index in [1.165, 1.54) is 51.6 Å². The van der Waals surface area contributed by atoms with Gasteiger partial charge in [-0.1, -0.05) is 26.0 Å². The van der Waals surface area contributed by atoms with E-state index in [0.29, 0.717) is 5.54 Å². The Kier molecular flexibility index (Phi) is 3.23. The lowest BCUT2D eigenvalue weighted by molar-refractivity contribution is 0.0452. The number of hydrogen-bond acceptors (Lipinski definition) is 2. The molecule has 3 aliphatic heterocycles. The Labute approximate surface area is 124 Å². The van der Waals surface area contributed by atoms with Gasteiger partial charge >= 0.3 is 0 Å². The topological polar surface area (TPSA) is 15.3 Å². The van der Waals surface area contributed by atoms with E-state index < -0.39 is 0 Å². The Morgan fingerprint density at radius 1 is 1.20 bits per heavy atom. The molecule has 4 rings (SSSR count).